The average molecular weight is 279 g/mol. The molecule has 82 valence electrons. The van der Waals surface area contributed by atoms with E-state index in [4.69, 9.17) is 5.11 Å². The zero-order valence-electron chi connectivity index (χ0n) is 7.77. The number of ketones is 1. The van der Waals surface area contributed by atoms with Crippen LogP contribution in [0.3, 0.4) is 0 Å². The molecular weight excluding hydrogens is 270 g/mol. The van der Waals surface area contributed by atoms with Gasteiger partial charge in [-0.05, 0) is 34.5 Å². The van der Waals surface area contributed by atoms with Crippen LogP contribution in [0.4, 0.5) is 8.78 Å². The van der Waals surface area contributed by atoms with E-state index in [1.807, 2.05) is 0 Å². The molecule has 0 unspecified atom stereocenters. The van der Waals surface area contributed by atoms with Crippen molar-refractivity contribution in [1.29, 1.82) is 0 Å². The third-order valence-corrected chi connectivity index (χ3v) is 2.50. The Morgan fingerprint density at radius 1 is 1.40 bits per heavy atom. The molecule has 0 heterocycles. The third kappa shape index (κ3) is 2.82. The van der Waals surface area contributed by atoms with Crippen molar-refractivity contribution in [2.75, 3.05) is 6.61 Å². The van der Waals surface area contributed by atoms with Gasteiger partial charge in [-0.3, -0.25) is 4.79 Å². The highest BCUT2D eigenvalue weighted by Gasteiger charge is 2.18. The Balaban J connectivity index is 3.02. The monoisotopic (exact) mass is 278 g/mol. The highest BCUT2D eigenvalue weighted by Crippen LogP contribution is 2.22. The second-order valence-electron chi connectivity index (χ2n) is 2.97. The fraction of sp³-hybridized carbons (Fsp3) is 0.300. The molecule has 2 nitrogen and oxygen atoms in total. The summed E-state index contributed by atoms with van der Waals surface area (Å²) in [6, 6.07) is 2.23. The molecule has 0 aliphatic rings. The molecule has 0 atom stereocenters. The van der Waals surface area contributed by atoms with Crippen molar-refractivity contribution in [2.24, 2.45) is 0 Å². The number of benzene rings is 1. The fourth-order valence-corrected chi connectivity index (χ4v) is 1.48. The maximum atomic E-state index is 13.4. The number of halogens is 3. The Bertz CT molecular complexity index is 380. The Hall–Kier alpha value is -0.810. The first-order chi connectivity index (χ1) is 7.07. The first-order valence-corrected chi connectivity index (χ1v) is 5.14. The van der Waals surface area contributed by atoms with Gasteiger partial charge < -0.3 is 5.11 Å². The summed E-state index contributed by atoms with van der Waals surface area (Å²) in [5, 5.41) is 8.51. The van der Waals surface area contributed by atoms with E-state index in [0.29, 0.717) is 0 Å². The number of carbonyl (C=O) groups is 1. The zero-order chi connectivity index (χ0) is 11.4. The van der Waals surface area contributed by atoms with Gasteiger partial charge in [0.2, 0.25) is 0 Å². The number of hydrogen-bond acceptors (Lipinski definition) is 2. The molecular formula is C10H9BrF2O2. The normalized spacial score (nSPS) is 10.4. The van der Waals surface area contributed by atoms with Crippen LogP contribution in [0, 0.1) is 11.6 Å². The molecule has 1 N–H and O–H groups in total. The number of Topliss-reactive ketones (excluding diaryl/α,β-unsaturated/α-hetero) is 1. The molecule has 0 aromatic heterocycles. The highest BCUT2D eigenvalue weighted by atomic mass is 79.9. The van der Waals surface area contributed by atoms with Crippen LogP contribution in [0.25, 0.3) is 0 Å². The SMILES string of the molecule is O=C(CCCO)c1c(F)ccc(Br)c1F. The maximum Gasteiger partial charge on any atom is 0.168 e. The molecule has 0 aliphatic carbocycles. The van der Waals surface area contributed by atoms with E-state index >= 15 is 0 Å². The van der Waals surface area contributed by atoms with Crippen molar-refractivity contribution in [2.45, 2.75) is 12.8 Å². The quantitative estimate of drug-likeness (QED) is 0.679. The van der Waals surface area contributed by atoms with Crippen molar-refractivity contribution < 1.29 is 18.7 Å². The standard InChI is InChI=1S/C10H9BrF2O2/c11-6-3-4-7(12)9(10(6)13)8(15)2-1-5-14/h3-4,14H,1-2,5H2. The van der Waals surface area contributed by atoms with Gasteiger partial charge in [0.05, 0.1) is 10.0 Å². The van der Waals surface area contributed by atoms with E-state index in [-0.39, 0.29) is 23.9 Å². The lowest BCUT2D eigenvalue weighted by molar-refractivity contribution is 0.0963. The molecule has 1 aromatic rings. The molecule has 0 aliphatic heterocycles. The lowest BCUT2D eigenvalue weighted by Gasteiger charge is -2.04. The van der Waals surface area contributed by atoms with Gasteiger partial charge in [-0.1, -0.05) is 0 Å². The minimum absolute atomic E-state index is 0.0521. The topological polar surface area (TPSA) is 37.3 Å². The molecule has 1 rings (SSSR count). The van der Waals surface area contributed by atoms with Crippen LogP contribution in [-0.2, 0) is 0 Å². The van der Waals surface area contributed by atoms with Gasteiger partial charge >= 0.3 is 0 Å². The predicted molar refractivity (Wildman–Crippen MR) is 54.7 cm³/mol. The molecule has 0 radical (unpaired) electrons. The van der Waals surface area contributed by atoms with Crippen LogP contribution >= 0.6 is 15.9 Å². The summed E-state index contributed by atoms with van der Waals surface area (Å²) in [7, 11) is 0. The maximum absolute atomic E-state index is 13.4. The average Bonchev–Trinajstić information content (AvgIpc) is 2.21. The Kier molecular flexibility index (Phi) is 4.35. The largest absolute Gasteiger partial charge is 0.396 e. The molecule has 0 saturated carbocycles. The van der Waals surface area contributed by atoms with Crippen LogP contribution in [0.1, 0.15) is 23.2 Å². The Morgan fingerprint density at radius 2 is 2.07 bits per heavy atom. The summed E-state index contributed by atoms with van der Waals surface area (Å²) >= 11 is 2.87. The lowest BCUT2D eigenvalue weighted by atomic mass is 10.1. The van der Waals surface area contributed by atoms with Crippen molar-refractivity contribution in [3.8, 4) is 0 Å². The second kappa shape index (κ2) is 5.32. The summed E-state index contributed by atoms with van der Waals surface area (Å²) < 4.78 is 26.6. The smallest absolute Gasteiger partial charge is 0.168 e. The van der Waals surface area contributed by atoms with Crippen LogP contribution in [0.5, 0.6) is 0 Å². The van der Waals surface area contributed by atoms with Crippen molar-refractivity contribution in [3.05, 3.63) is 33.8 Å². The highest BCUT2D eigenvalue weighted by molar-refractivity contribution is 9.10. The number of aliphatic hydroxyl groups excluding tert-OH is 1. The van der Waals surface area contributed by atoms with Crippen molar-refractivity contribution in [1.82, 2.24) is 0 Å². The van der Waals surface area contributed by atoms with E-state index in [0.717, 1.165) is 6.07 Å². The molecule has 0 saturated heterocycles. The van der Waals surface area contributed by atoms with Gasteiger partial charge in [-0.2, -0.15) is 0 Å². The number of rotatable bonds is 4. The van der Waals surface area contributed by atoms with Gasteiger partial charge in [0.25, 0.3) is 0 Å². The summed E-state index contributed by atoms with van der Waals surface area (Å²) in [6.07, 6.45) is 0.130. The van der Waals surface area contributed by atoms with E-state index in [2.05, 4.69) is 15.9 Å². The molecule has 0 spiro atoms. The Morgan fingerprint density at radius 3 is 2.67 bits per heavy atom. The molecule has 5 heteroatoms. The van der Waals surface area contributed by atoms with Crippen LogP contribution < -0.4 is 0 Å². The zero-order valence-corrected chi connectivity index (χ0v) is 9.35. The molecule has 0 bridgehead atoms. The third-order valence-electron chi connectivity index (χ3n) is 1.88. The summed E-state index contributed by atoms with van der Waals surface area (Å²) in [6.45, 7) is -0.178. The van der Waals surface area contributed by atoms with Crippen molar-refractivity contribution in [3.63, 3.8) is 0 Å². The van der Waals surface area contributed by atoms with Gasteiger partial charge in [-0.25, -0.2) is 8.78 Å². The summed E-state index contributed by atoms with van der Waals surface area (Å²) in [5.41, 5.74) is -0.544. The van der Waals surface area contributed by atoms with Crippen LogP contribution in [0.15, 0.2) is 16.6 Å². The molecule has 1 aromatic carbocycles. The number of carbonyl (C=O) groups excluding carboxylic acids is 1. The van der Waals surface area contributed by atoms with E-state index in [1.54, 1.807) is 0 Å². The lowest BCUT2D eigenvalue weighted by Crippen LogP contribution is -2.07. The number of aliphatic hydroxyl groups is 1. The van der Waals surface area contributed by atoms with Gasteiger partial charge in [0.15, 0.2) is 11.6 Å². The van der Waals surface area contributed by atoms with Gasteiger partial charge in [0, 0.05) is 13.0 Å². The summed E-state index contributed by atoms with van der Waals surface area (Å²) in [5.74, 6) is -2.41. The minimum atomic E-state index is -0.891. The molecule has 0 amide bonds. The van der Waals surface area contributed by atoms with Crippen molar-refractivity contribution >= 4 is 21.7 Å². The predicted octanol–water partition coefficient (Wildman–Crippen LogP) is 2.68. The van der Waals surface area contributed by atoms with E-state index in [9.17, 15) is 13.6 Å². The summed E-state index contributed by atoms with van der Waals surface area (Å²) in [4.78, 5) is 11.4. The molecule has 0 fully saturated rings. The fourth-order valence-electron chi connectivity index (χ4n) is 1.15. The van der Waals surface area contributed by atoms with Gasteiger partial charge in [0.1, 0.15) is 5.82 Å². The second-order valence-corrected chi connectivity index (χ2v) is 3.82. The van der Waals surface area contributed by atoms with Crippen LogP contribution in [-0.4, -0.2) is 17.5 Å². The van der Waals surface area contributed by atoms with Crippen LogP contribution in [0.2, 0.25) is 0 Å². The van der Waals surface area contributed by atoms with E-state index in [1.165, 1.54) is 6.07 Å². The number of hydrogen-bond donors (Lipinski definition) is 1. The minimum Gasteiger partial charge on any atom is -0.396 e. The first kappa shape index (κ1) is 12.3. The van der Waals surface area contributed by atoms with Gasteiger partial charge in [-0.15, -0.1) is 0 Å². The first-order valence-electron chi connectivity index (χ1n) is 4.35. The Labute approximate surface area is 94.0 Å². The molecule has 15 heavy (non-hydrogen) atoms. The van der Waals surface area contributed by atoms with E-state index < -0.39 is 23.0 Å².